The summed E-state index contributed by atoms with van der Waals surface area (Å²) in [6.07, 6.45) is 5.89. The molecule has 1 fully saturated rings. The normalized spacial score (nSPS) is 14.6. The predicted octanol–water partition coefficient (Wildman–Crippen LogP) is 4.27. The zero-order chi connectivity index (χ0) is 16.2. The van der Waals surface area contributed by atoms with E-state index in [4.69, 9.17) is 0 Å². The van der Waals surface area contributed by atoms with Gasteiger partial charge in [0.15, 0.2) is 0 Å². The van der Waals surface area contributed by atoms with Crippen LogP contribution in [-0.2, 0) is 0 Å². The van der Waals surface area contributed by atoms with E-state index in [0.717, 1.165) is 35.7 Å². The van der Waals surface area contributed by atoms with Gasteiger partial charge in [-0.05, 0) is 42.5 Å². The van der Waals surface area contributed by atoms with Crippen LogP contribution in [0.5, 0.6) is 0 Å². The summed E-state index contributed by atoms with van der Waals surface area (Å²) >= 11 is 0. The fourth-order valence-electron chi connectivity index (χ4n) is 2.98. The highest BCUT2D eigenvalue weighted by molar-refractivity contribution is 5.68. The summed E-state index contributed by atoms with van der Waals surface area (Å²) in [5, 5.41) is 0. The molecule has 2 heterocycles. The summed E-state index contributed by atoms with van der Waals surface area (Å²) < 4.78 is 0. The van der Waals surface area contributed by atoms with Crippen molar-refractivity contribution in [1.82, 2.24) is 9.88 Å². The van der Waals surface area contributed by atoms with Gasteiger partial charge in [-0.3, -0.25) is 0 Å². The number of hydrogen-bond acceptors (Lipinski definition) is 3. The number of hydrogen-bond donors (Lipinski definition) is 0. The first-order valence-electron chi connectivity index (χ1n) is 8.33. The average Bonchev–Trinajstić information content (AvgIpc) is 2.62. The van der Waals surface area contributed by atoms with E-state index in [0.29, 0.717) is 0 Å². The van der Waals surface area contributed by atoms with Crippen molar-refractivity contribution in [1.29, 1.82) is 0 Å². The minimum atomic E-state index is 1.02. The lowest BCUT2D eigenvalue weighted by molar-refractivity contribution is 0.573. The van der Waals surface area contributed by atoms with E-state index >= 15 is 0 Å². The number of anilines is 1. The molecule has 1 aromatic heterocycles. The SMILES string of the molecule is C=C(c1ccc(-c2ccc(N3CCCCC3)nc2)cc1)N(C)C. The Hall–Kier alpha value is -2.29. The molecule has 2 aromatic rings. The summed E-state index contributed by atoms with van der Waals surface area (Å²) in [6.45, 7) is 6.36. The summed E-state index contributed by atoms with van der Waals surface area (Å²) in [5.74, 6) is 1.10. The van der Waals surface area contributed by atoms with Crippen LogP contribution in [0.15, 0.2) is 49.2 Å². The highest BCUT2D eigenvalue weighted by Crippen LogP contribution is 2.24. The fraction of sp³-hybridized carbons (Fsp3) is 0.350. The monoisotopic (exact) mass is 307 g/mol. The summed E-state index contributed by atoms with van der Waals surface area (Å²) in [6, 6.07) is 12.8. The molecule has 0 N–H and O–H groups in total. The van der Waals surface area contributed by atoms with Crippen LogP contribution in [0.4, 0.5) is 5.82 Å². The molecule has 0 saturated carbocycles. The number of benzene rings is 1. The topological polar surface area (TPSA) is 19.4 Å². The van der Waals surface area contributed by atoms with E-state index in [2.05, 4.69) is 52.9 Å². The Labute approximate surface area is 139 Å². The van der Waals surface area contributed by atoms with Gasteiger partial charge >= 0.3 is 0 Å². The van der Waals surface area contributed by atoms with E-state index in [1.54, 1.807) is 0 Å². The number of nitrogens with zero attached hydrogens (tertiary/aromatic N) is 3. The maximum absolute atomic E-state index is 4.66. The molecule has 0 unspecified atom stereocenters. The van der Waals surface area contributed by atoms with E-state index < -0.39 is 0 Å². The van der Waals surface area contributed by atoms with Gasteiger partial charge in [0.05, 0.1) is 0 Å². The van der Waals surface area contributed by atoms with Gasteiger partial charge in [-0.1, -0.05) is 30.8 Å². The van der Waals surface area contributed by atoms with Crippen molar-refractivity contribution in [2.24, 2.45) is 0 Å². The van der Waals surface area contributed by atoms with Crippen molar-refractivity contribution in [3.63, 3.8) is 0 Å². The molecule has 0 radical (unpaired) electrons. The number of rotatable bonds is 4. The molecule has 3 rings (SSSR count). The quantitative estimate of drug-likeness (QED) is 0.841. The maximum Gasteiger partial charge on any atom is 0.128 e. The second-order valence-electron chi connectivity index (χ2n) is 6.37. The second-order valence-corrected chi connectivity index (χ2v) is 6.37. The molecule has 1 saturated heterocycles. The first-order chi connectivity index (χ1) is 11.1. The Morgan fingerprint density at radius 1 is 0.957 bits per heavy atom. The zero-order valence-corrected chi connectivity index (χ0v) is 14.1. The van der Waals surface area contributed by atoms with Crippen LogP contribution in [0, 0.1) is 0 Å². The maximum atomic E-state index is 4.66. The van der Waals surface area contributed by atoms with Crippen molar-refractivity contribution in [3.8, 4) is 11.1 Å². The van der Waals surface area contributed by atoms with Crippen molar-refractivity contribution in [2.45, 2.75) is 19.3 Å². The van der Waals surface area contributed by atoms with Gasteiger partial charge in [0, 0.05) is 44.6 Å². The van der Waals surface area contributed by atoms with E-state index in [1.165, 1.54) is 24.8 Å². The third-order valence-corrected chi connectivity index (χ3v) is 4.52. The minimum Gasteiger partial charge on any atom is -0.378 e. The number of piperidine rings is 1. The van der Waals surface area contributed by atoms with Crippen LogP contribution < -0.4 is 4.90 Å². The van der Waals surface area contributed by atoms with Crippen molar-refractivity contribution >= 4 is 11.5 Å². The van der Waals surface area contributed by atoms with E-state index in [-0.39, 0.29) is 0 Å². The smallest absolute Gasteiger partial charge is 0.128 e. The summed E-state index contributed by atoms with van der Waals surface area (Å²) in [7, 11) is 4.03. The summed E-state index contributed by atoms with van der Waals surface area (Å²) in [4.78, 5) is 9.08. The molecular formula is C20H25N3. The van der Waals surface area contributed by atoms with Crippen LogP contribution in [0.2, 0.25) is 0 Å². The van der Waals surface area contributed by atoms with Gasteiger partial charge in [0.2, 0.25) is 0 Å². The Kier molecular flexibility index (Phi) is 4.65. The second kappa shape index (κ2) is 6.86. The minimum absolute atomic E-state index is 1.02. The highest BCUT2D eigenvalue weighted by Gasteiger charge is 2.12. The van der Waals surface area contributed by atoms with Crippen molar-refractivity contribution < 1.29 is 0 Å². The van der Waals surface area contributed by atoms with Gasteiger partial charge in [-0.25, -0.2) is 4.98 Å². The Morgan fingerprint density at radius 2 is 1.61 bits per heavy atom. The average molecular weight is 307 g/mol. The van der Waals surface area contributed by atoms with Crippen LogP contribution in [0.25, 0.3) is 16.8 Å². The van der Waals surface area contributed by atoms with E-state index in [1.807, 2.05) is 25.2 Å². The van der Waals surface area contributed by atoms with Gasteiger partial charge in [0.25, 0.3) is 0 Å². The van der Waals surface area contributed by atoms with Gasteiger partial charge in [-0.2, -0.15) is 0 Å². The first kappa shape index (κ1) is 15.6. The Bertz CT molecular complexity index is 650. The Balaban J connectivity index is 1.75. The molecule has 0 aliphatic carbocycles. The van der Waals surface area contributed by atoms with Crippen LogP contribution in [0.1, 0.15) is 24.8 Å². The molecular weight excluding hydrogens is 282 g/mol. The molecule has 0 spiro atoms. The van der Waals surface area contributed by atoms with Crippen molar-refractivity contribution in [3.05, 3.63) is 54.7 Å². The first-order valence-corrected chi connectivity index (χ1v) is 8.33. The largest absolute Gasteiger partial charge is 0.378 e. The molecule has 0 atom stereocenters. The zero-order valence-electron chi connectivity index (χ0n) is 14.1. The Morgan fingerprint density at radius 3 is 2.17 bits per heavy atom. The highest BCUT2D eigenvalue weighted by atomic mass is 15.2. The molecule has 1 aliphatic rings. The summed E-state index contributed by atoms with van der Waals surface area (Å²) in [5.41, 5.74) is 4.53. The lowest BCUT2D eigenvalue weighted by Crippen LogP contribution is -2.29. The number of pyridine rings is 1. The fourth-order valence-corrected chi connectivity index (χ4v) is 2.98. The van der Waals surface area contributed by atoms with Gasteiger partial charge in [0.1, 0.15) is 5.82 Å². The van der Waals surface area contributed by atoms with Crippen LogP contribution >= 0.6 is 0 Å². The van der Waals surface area contributed by atoms with Gasteiger partial charge in [-0.15, -0.1) is 0 Å². The predicted molar refractivity (Wildman–Crippen MR) is 98.5 cm³/mol. The standard InChI is InChI=1S/C20H25N3/c1-16(22(2)3)17-7-9-18(10-8-17)19-11-12-20(21-15-19)23-13-5-4-6-14-23/h7-12,15H,1,4-6,13-14H2,2-3H3. The third-order valence-electron chi connectivity index (χ3n) is 4.52. The molecule has 0 amide bonds. The molecule has 3 nitrogen and oxygen atoms in total. The third kappa shape index (κ3) is 3.55. The van der Waals surface area contributed by atoms with Crippen molar-refractivity contribution in [2.75, 3.05) is 32.1 Å². The molecule has 1 aromatic carbocycles. The molecule has 120 valence electrons. The number of aromatic nitrogens is 1. The molecule has 1 aliphatic heterocycles. The molecule has 3 heteroatoms. The lowest BCUT2D eigenvalue weighted by Gasteiger charge is -2.27. The van der Waals surface area contributed by atoms with E-state index in [9.17, 15) is 0 Å². The van der Waals surface area contributed by atoms with Crippen LogP contribution in [-0.4, -0.2) is 37.1 Å². The molecule has 0 bridgehead atoms. The lowest BCUT2D eigenvalue weighted by atomic mass is 10.0. The van der Waals surface area contributed by atoms with Crippen LogP contribution in [0.3, 0.4) is 0 Å². The van der Waals surface area contributed by atoms with Gasteiger partial charge < -0.3 is 9.80 Å². The molecule has 23 heavy (non-hydrogen) atoms.